The van der Waals surface area contributed by atoms with Gasteiger partial charge >= 0.3 is 0 Å². The highest BCUT2D eigenvalue weighted by Crippen LogP contribution is 2.29. The third kappa shape index (κ3) is 3.09. The van der Waals surface area contributed by atoms with Crippen LogP contribution in [0.25, 0.3) is 0 Å². The van der Waals surface area contributed by atoms with Crippen LogP contribution in [0.3, 0.4) is 0 Å². The standard InChI is InChI=1S/C13H19ClN2O/c1-3-11-12(14)15-8-16-13(11)17-10-6-4-9(2)5-7-10/h8-10H,3-7H2,1-2H3. The van der Waals surface area contributed by atoms with Crippen LogP contribution >= 0.6 is 11.6 Å². The zero-order valence-corrected chi connectivity index (χ0v) is 11.2. The van der Waals surface area contributed by atoms with E-state index < -0.39 is 0 Å². The number of rotatable bonds is 3. The molecule has 17 heavy (non-hydrogen) atoms. The number of halogens is 1. The Morgan fingerprint density at radius 2 is 2.00 bits per heavy atom. The molecule has 1 aliphatic rings. The molecule has 3 nitrogen and oxygen atoms in total. The Kier molecular flexibility index (Phi) is 4.21. The number of nitrogens with zero attached hydrogens (tertiary/aromatic N) is 2. The van der Waals surface area contributed by atoms with E-state index in [0.717, 1.165) is 30.7 Å². The van der Waals surface area contributed by atoms with Crippen molar-refractivity contribution in [2.75, 3.05) is 0 Å². The van der Waals surface area contributed by atoms with Gasteiger partial charge in [0.2, 0.25) is 5.88 Å². The molecule has 0 unspecified atom stereocenters. The lowest BCUT2D eigenvalue weighted by Gasteiger charge is -2.27. The van der Waals surface area contributed by atoms with Gasteiger partial charge in [-0.2, -0.15) is 0 Å². The second-order valence-electron chi connectivity index (χ2n) is 4.80. The third-order valence-electron chi connectivity index (χ3n) is 3.45. The summed E-state index contributed by atoms with van der Waals surface area (Å²) < 4.78 is 5.97. The van der Waals surface area contributed by atoms with Gasteiger partial charge in [0.05, 0.1) is 5.56 Å². The molecule has 4 heteroatoms. The van der Waals surface area contributed by atoms with Crippen LogP contribution in [-0.4, -0.2) is 16.1 Å². The van der Waals surface area contributed by atoms with E-state index in [1.807, 2.05) is 6.92 Å². The van der Waals surface area contributed by atoms with Gasteiger partial charge in [-0.15, -0.1) is 0 Å². The summed E-state index contributed by atoms with van der Waals surface area (Å²) in [6.07, 6.45) is 7.29. The molecule has 0 N–H and O–H groups in total. The molecule has 0 aliphatic heterocycles. The van der Waals surface area contributed by atoms with Crippen LogP contribution in [-0.2, 0) is 6.42 Å². The van der Waals surface area contributed by atoms with Crippen molar-refractivity contribution in [3.05, 3.63) is 17.0 Å². The highest BCUT2D eigenvalue weighted by molar-refractivity contribution is 6.30. The Morgan fingerprint density at radius 3 is 2.65 bits per heavy atom. The maximum Gasteiger partial charge on any atom is 0.221 e. The summed E-state index contributed by atoms with van der Waals surface area (Å²) in [6.45, 7) is 4.34. The van der Waals surface area contributed by atoms with Crippen LogP contribution in [0.2, 0.25) is 5.15 Å². The summed E-state index contributed by atoms with van der Waals surface area (Å²) in [5.41, 5.74) is 0.924. The summed E-state index contributed by atoms with van der Waals surface area (Å²) in [5.74, 6) is 1.50. The van der Waals surface area contributed by atoms with Crippen LogP contribution in [0.5, 0.6) is 5.88 Å². The van der Waals surface area contributed by atoms with Gasteiger partial charge in [0.25, 0.3) is 0 Å². The molecule has 1 heterocycles. The Labute approximate surface area is 108 Å². The topological polar surface area (TPSA) is 35.0 Å². The third-order valence-corrected chi connectivity index (χ3v) is 3.77. The molecule has 1 aromatic rings. The van der Waals surface area contributed by atoms with Gasteiger partial charge in [0, 0.05) is 0 Å². The first-order valence-corrected chi connectivity index (χ1v) is 6.74. The first-order valence-electron chi connectivity index (χ1n) is 6.36. The monoisotopic (exact) mass is 254 g/mol. The molecule has 1 fully saturated rings. The van der Waals surface area contributed by atoms with Gasteiger partial charge in [-0.3, -0.25) is 0 Å². The van der Waals surface area contributed by atoms with Gasteiger partial charge in [-0.1, -0.05) is 25.4 Å². The van der Waals surface area contributed by atoms with E-state index in [2.05, 4.69) is 16.9 Å². The predicted octanol–water partition coefficient (Wildman–Crippen LogP) is 3.65. The molecule has 1 aromatic heterocycles. The van der Waals surface area contributed by atoms with E-state index in [1.54, 1.807) is 0 Å². The number of aromatic nitrogens is 2. The van der Waals surface area contributed by atoms with Crippen molar-refractivity contribution < 1.29 is 4.74 Å². The van der Waals surface area contributed by atoms with Gasteiger partial charge in [-0.25, -0.2) is 9.97 Å². The lowest BCUT2D eigenvalue weighted by atomic mass is 9.89. The molecular weight excluding hydrogens is 236 g/mol. The number of hydrogen-bond donors (Lipinski definition) is 0. The molecule has 0 bridgehead atoms. The lowest BCUT2D eigenvalue weighted by Crippen LogP contribution is -2.24. The van der Waals surface area contributed by atoms with Crippen LogP contribution in [0.1, 0.15) is 45.1 Å². The molecule has 0 atom stereocenters. The van der Waals surface area contributed by atoms with E-state index in [1.165, 1.54) is 19.2 Å². The molecular formula is C13H19ClN2O. The van der Waals surface area contributed by atoms with Gasteiger partial charge < -0.3 is 4.74 Å². The Hall–Kier alpha value is -0.830. The summed E-state index contributed by atoms with van der Waals surface area (Å²) in [5, 5.41) is 0.515. The molecule has 0 aromatic carbocycles. The molecule has 2 rings (SSSR count). The van der Waals surface area contributed by atoms with Crippen molar-refractivity contribution in [1.82, 2.24) is 9.97 Å². The molecule has 1 saturated carbocycles. The first kappa shape index (κ1) is 12.6. The maximum atomic E-state index is 6.04. The maximum absolute atomic E-state index is 6.04. The van der Waals surface area contributed by atoms with Crippen molar-refractivity contribution in [3.63, 3.8) is 0 Å². The summed E-state index contributed by atoms with van der Waals surface area (Å²) in [7, 11) is 0. The fraction of sp³-hybridized carbons (Fsp3) is 0.692. The average Bonchev–Trinajstić information content (AvgIpc) is 2.32. The fourth-order valence-electron chi connectivity index (χ4n) is 2.28. The van der Waals surface area contributed by atoms with E-state index in [9.17, 15) is 0 Å². The molecule has 0 radical (unpaired) electrons. The Bertz CT molecular complexity index is 376. The highest BCUT2D eigenvalue weighted by Gasteiger charge is 2.21. The van der Waals surface area contributed by atoms with E-state index in [0.29, 0.717) is 17.1 Å². The minimum atomic E-state index is 0.294. The van der Waals surface area contributed by atoms with Crippen LogP contribution < -0.4 is 4.74 Å². The fourth-order valence-corrected chi connectivity index (χ4v) is 2.54. The first-order chi connectivity index (χ1) is 8.20. The van der Waals surface area contributed by atoms with Crippen molar-refractivity contribution in [2.45, 2.75) is 52.1 Å². The number of ether oxygens (including phenoxy) is 1. The molecule has 94 valence electrons. The average molecular weight is 255 g/mol. The molecule has 0 amide bonds. The van der Waals surface area contributed by atoms with Crippen molar-refractivity contribution >= 4 is 11.6 Å². The number of hydrogen-bond acceptors (Lipinski definition) is 3. The summed E-state index contributed by atoms with van der Waals surface area (Å²) >= 11 is 6.04. The summed E-state index contributed by atoms with van der Waals surface area (Å²) in [4.78, 5) is 8.20. The van der Waals surface area contributed by atoms with E-state index in [4.69, 9.17) is 16.3 Å². The molecule has 0 saturated heterocycles. The zero-order chi connectivity index (χ0) is 12.3. The van der Waals surface area contributed by atoms with E-state index in [-0.39, 0.29) is 0 Å². The quantitative estimate of drug-likeness (QED) is 0.773. The zero-order valence-electron chi connectivity index (χ0n) is 10.4. The Morgan fingerprint density at radius 1 is 1.29 bits per heavy atom. The normalized spacial score (nSPS) is 24.6. The van der Waals surface area contributed by atoms with Gasteiger partial charge in [-0.05, 0) is 38.0 Å². The second kappa shape index (κ2) is 5.67. The van der Waals surface area contributed by atoms with Crippen molar-refractivity contribution in [2.24, 2.45) is 5.92 Å². The van der Waals surface area contributed by atoms with Gasteiger partial charge in [0.15, 0.2) is 0 Å². The molecule has 1 aliphatic carbocycles. The molecule has 0 spiro atoms. The van der Waals surface area contributed by atoms with Crippen molar-refractivity contribution in [3.8, 4) is 5.88 Å². The Balaban J connectivity index is 2.05. The smallest absolute Gasteiger partial charge is 0.221 e. The van der Waals surface area contributed by atoms with Crippen LogP contribution in [0, 0.1) is 5.92 Å². The lowest BCUT2D eigenvalue weighted by molar-refractivity contribution is 0.128. The largest absolute Gasteiger partial charge is 0.474 e. The highest BCUT2D eigenvalue weighted by atomic mass is 35.5. The van der Waals surface area contributed by atoms with Crippen LogP contribution in [0.15, 0.2) is 6.33 Å². The SMILES string of the molecule is CCc1c(Cl)ncnc1OC1CCC(C)CC1. The van der Waals surface area contributed by atoms with Crippen molar-refractivity contribution in [1.29, 1.82) is 0 Å². The van der Waals surface area contributed by atoms with Crippen LogP contribution in [0.4, 0.5) is 0 Å². The summed E-state index contributed by atoms with van der Waals surface area (Å²) in [6, 6.07) is 0. The second-order valence-corrected chi connectivity index (χ2v) is 5.16. The predicted molar refractivity (Wildman–Crippen MR) is 68.5 cm³/mol. The minimum Gasteiger partial charge on any atom is -0.474 e. The van der Waals surface area contributed by atoms with E-state index >= 15 is 0 Å². The minimum absolute atomic E-state index is 0.294. The van der Waals surface area contributed by atoms with Gasteiger partial charge in [0.1, 0.15) is 17.6 Å².